The Balaban J connectivity index is 2.06. The van der Waals surface area contributed by atoms with E-state index in [0.717, 1.165) is 24.9 Å². The highest BCUT2D eigenvalue weighted by molar-refractivity contribution is 5.81. The van der Waals surface area contributed by atoms with Crippen molar-refractivity contribution in [3.05, 3.63) is 52.6 Å². The van der Waals surface area contributed by atoms with Crippen LogP contribution in [0.5, 0.6) is 5.75 Å². The summed E-state index contributed by atoms with van der Waals surface area (Å²) in [5.41, 5.74) is 7.68. The molecule has 0 bridgehead atoms. The number of aryl methyl sites for hydroxylation is 1. The number of aromatic hydroxyl groups is 1. The van der Waals surface area contributed by atoms with Crippen LogP contribution in [0.3, 0.4) is 0 Å². The molecule has 1 N–H and O–H groups in total. The number of nitrogens with zero attached hydrogens (tertiary/aromatic N) is 1. The highest BCUT2D eigenvalue weighted by atomic mass is 16.3. The Labute approximate surface area is 119 Å². The Morgan fingerprint density at radius 2 is 1.95 bits per heavy atom. The van der Waals surface area contributed by atoms with E-state index in [1.165, 1.54) is 27.8 Å². The number of fused-ring (bicyclic) bond motifs is 2. The lowest BCUT2D eigenvalue weighted by Crippen LogP contribution is -2.35. The minimum atomic E-state index is 0.413. The summed E-state index contributed by atoms with van der Waals surface area (Å²) in [5, 5.41) is 10.4. The minimum Gasteiger partial charge on any atom is -0.507 e. The van der Waals surface area contributed by atoms with Crippen molar-refractivity contribution in [2.75, 3.05) is 13.6 Å². The Morgan fingerprint density at radius 1 is 1.15 bits per heavy atom. The fraction of sp³-hybridized carbons (Fsp3) is 0.333. The summed E-state index contributed by atoms with van der Waals surface area (Å²) in [5.74, 6) is 0.426. The molecular weight excluding hydrogens is 246 g/mol. The zero-order valence-electron chi connectivity index (χ0n) is 12.0. The van der Waals surface area contributed by atoms with Gasteiger partial charge in [-0.05, 0) is 55.1 Å². The molecule has 1 aliphatic carbocycles. The van der Waals surface area contributed by atoms with Crippen LogP contribution in [0.4, 0.5) is 0 Å². The van der Waals surface area contributed by atoms with Crippen molar-refractivity contribution in [2.45, 2.75) is 25.8 Å². The smallest absolute Gasteiger partial charge is 0.123 e. The van der Waals surface area contributed by atoms with Crippen LogP contribution in [0.15, 0.2) is 30.3 Å². The molecule has 0 fully saturated rings. The first-order chi connectivity index (χ1) is 9.65. The largest absolute Gasteiger partial charge is 0.507 e. The molecule has 102 valence electrons. The molecule has 20 heavy (non-hydrogen) atoms. The predicted molar refractivity (Wildman–Crippen MR) is 81.1 cm³/mol. The summed E-state index contributed by atoms with van der Waals surface area (Å²) in [4.78, 5) is 2.42. The van der Waals surface area contributed by atoms with Gasteiger partial charge >= 0.3 is 0 Å². The molecule has 1 heterocycles. The summed E-state index contributed by atoms with van der Waals surface area (Å²) in [7, 11) is 2.20. The zero-order chi connectivity index (χ0) is 13.9. The quantitative estimate of drug-likeness (QED) is 0.788. The molecule has 0 spiro atoms. The van der Waals surface area contributed by atoms with E-state index in [1.54, 1.807) is 0 Å². The van der Waals surface area contributed by atoms with Crippen LogP contribution < -0.4 is 0 Å². The first-order valence-corrected chi connectivity index (χ1v) is 7.30. The molecule has 4 rings (SSSR count). The molecule has 1 unspecified atom stereocenters. The second-order valence-electron chi connectivity index (χ2n) is 6.14. The second-order valence-corrected chi connectivity index (χ2v) is 6.14. The third kappa shape index (κ3) is 1.55. The van der Waals surface area contributed by atoms with Crippen LogP contribution >= 0.6 is 0 Å². The lowest BCUT2D eigenvalue weighted by molar-refractivity contribution is 0.227. The molecule has 2 nitrogen and oxygen atoms in total. The molecule has 2 heteroatoms. The van der Waals surface area contributed by atoms with Gasteiger partial charge in [0.25, 0.3) is 0 Å². The Bertz CT molecular complexity index is 705. The highest BCUT2D eigenvalue weighted by Gasteiger charge is 2.33. The Kier molecular flexibility index (Phi) is 2.45. The number of rotatable bonds is 0. The van der Waals surface area contributed by atoms with Crippen LogP contribution in [-0.4, -0.2) is 23.6 Å². The van der Waals surface area contributed by atoms with Crippen LogP contribution in [-0.2, 0) is 12.8 Å². The summed E-state index contributed by atoms with van der Waals surface area (Å²) < 4.78 is 0. The molecule has 2 aromatic carbocycles. The van der Waals surface area contributed by atoms with Crippen molar-refractivity contribution in [1.29, 1.82) is 0 Å². The molecule has 0 saturated heterocycles. The average molecular weight is 265 g/mol. The van der Waals surface area contributed by atoms with Crippen molar-refractivity contribution in [3.63, 3.8) is 0 Å². The molecule has 1 aliphatic heterocycles. The molecule has 0 amide bonds. The topological polar surface area (TPSA) is 23.5 Å². The van der Waals surface area contributed by atoms with E-state index in [2.05, 4.69) is 43.1 Å². The van der Waals surface area contributed by atoms with E-state index in [9.17, 15) is 5.11 Å². The fourth-order valence-corrected chi connectivity index (χ4v) is 3.77. The van der Waals surface area contributed by atoms with Crippen molar-refractivity contribution < 1.29 is 5.11 Å². The Morgan fingerprint density at radius 3 is 2.80 bits per heavy atom. The normalized spacial score (nSPS) is 20.4. The van der Waals surface area contributed by atoms with E-state index < -0.39 is 0 Å². The number of phenolic OH excluding ortho intramolecular Hbond substituents is 1. The van der Waals surface area contributed by atoms with Crippen molar-refractivity contribution in [3.8, 4) is 16.9 Å². The van der Waals surface area contributed by atoms with E-state index in [0.29, 0.717) is 11.8 Å². The first-order valence-electron chi connectivity index (χ1n) is 7.30. The minimum absolute atomic E-state index is 0.413. The fourth-order valence-electron chi connectivity index (χ4n) is 3.77. The maximum Gasteiger partial charge on any atom is 0.123 e. The zero-order valence-corrected chi connectivity index (χ0v) is 12.0. The van der Waals surface area contributed by atoms with Gasteiger partial charge in [-0.25, -0.2) is 0 Å². The Hall–Kier alpha value is -1.80. The lowest BCUT2D eigenvalue weighted by Gasteiger charge is -2.40. The highest BCUT2D eigenvalue weighted by Crippen LogP contribution is 2.48. The number of likely N-dealkylation sites (N-methyl/N-ethyl adjacent to an activating group) is 1. The van der Waals surface area contributed by atoms with Crippen molar-refractivity contribution in [2.24, 2.45) is 0 Å². The summed E-state index contributed by atoms with van der Waals surface area (Å²) in [6.07, 6.45) is 2.13. The maximum atomic E-state index is 10.4. The number of hydrogen-bond acceptors (Lipinski definition) is 2. The maximum absolute atomic E-state index is 10.4. The molecule has 0 radical (unpaired) electrons. The van der Waals surface area contributed by atoms with Gasteiger partial charge in [0, 0.05) is 18.2 Å². The SMILES string of the molecule is Cc1ccc2c(c1)-c1c(O)ccc3c1C(C2)N(C)CC3. The van der Waals surface area contributed by atoms with Gasteiger partial charge in [-0.1, -0.05) is 29.8 Å². The second kappa shape index (κ2) is 4.10. The standard InChI is InChI=1S/C18H19NO/c1-11-3-4-13-10-15-17-12(7-8-19(15)2)5-6-16(20)18(17)14(13)9-11/h3-6,9,15,20H,7-8,10H2,1-2H3. The van der Waals surface area contributed by atoms with Gasteiger partial charge in [0.05, 0.1) is 0 Å². The molecule has 0 aromatic heterocycles. The predicted octanol–water partition coefficient (Wildman–Crippen LogP) is 3.45. The van der Waals surface area contributed by atoms with E-state index in [1.807, 2.05) is 6.07 Å². The monoisotopic (exact) mass is 265 g/mol. The average Bonchev–Trinajstić information content (AvgIpc) is 2.44. The summed E-state index contributed by atoms with van der Waals surface area (Å²) in [6.45, 7) is 3.22. The number of hydrogen-bond donors (Lipinski definition) is 1. The van der Waals surface area contributed by atoms with E-state index in [-0.39, 0.29) is 0 Å². The molecule has 1 atom stereocenters. The summed E-state index contributed by atoms with van der Waals surface area (Å²) in [6, 6.07) is 11.0. The molecule has 2 aliphatic rings. The summed E-state index contributed by atoms with van der Waals surface area (Å²) >= 11 is 0. The van der Waals surface area contributed by atoms with Crippen LogP contribution in [0.25, 0.3) is 11.1 Å². The van der Waals surface area contributed by atoms with Gasteiger partial charge in [0.15, 0.2) is 0 Å². The first kappa shape index (κ1) is 12.0. The molecule has 2 aromatic rings. The van der Waals surface area contributed by atoms with Crippen LogP contribution in [0, 0.1) is 6.92 Å². The molecule has 0 saturated carbocycles. The van der Waals surface area contributed by atoms with Gasteiger partial charge in [-0.15, -0.1) is 0 Å². The number of benzene rings is 2. The van der Waals surface area contributed by atoms with E-state index in [4.69, 9.17) is 0 Å². The van der Waals surface area contributed by atoms with E-state index >= 15 is 0 Å². The number of phenols is 1. The third-order valence-corrected chi connectivity index (χ3v) is 4.86. The lowest BCUT2D eigenvalue weighted by atomic mass is 9.76. The van der Waals surface area contributed by atoms with Gasteiger partial charge in [0.1, 0.15) is 5.75 Å². The van der Waals surface area contributed by atoms with Gasteiger partial charge in [-0.2, -0.15) is 0 Å². The molecular formula is C18H19NO. The third-order valence-electron chi connectivity index (χ3n) is 4.86. The van der Waals surface area contributed by atoms with Crippen LogP contribution in [0.1, 0.15) is 28.3 Å². The van der Waals surface area contributed by atoms with Crippen molar-refractivity contribution >= 4 is 0 Å². The van der Waals surface area contributed by atoms with Crippen LogP contribution in [0.2, 0.25) is 0 Å². The van der Waals surface area contributed by atoms with Gasteiger partial charge in [0.2, 0.25) is 0 Å². The van der Waals surface area contributed by atoms with Gasteiger partial charge < -0.3 is 5.11 Å². The van der Waals surface area contributed by atoms with Crippen molar-refractivity contribution in [1.82, 2.24) is 4.90 Å². The van der Waals surface area contributed by atoms with Gasteiger partial charge in [-0.3, -0.25) is 4.90 Å².